The number of carbonyl (C=O) groups excluding carboxylic acids is 2. The Hall–Kier alpha value is -3.79. The number of amides is 2. The van der Waals surface area contributed by atoms with Crippen LogP contribution in [0.1, 0.15) is 56.1 Å². The van der Waals surface area contributed by atoms with Gasteiger partial charge in [-0.2, -0.15) is 0 Å². The van der Waals surface area contributed by atoms with Gasteiger partial charge in [-0.1, -0.05) is 48.5 Å². The zero-order chi connectivity index (χ0) is 24.8. The summed E-state index contributed by atoms with van der Waals surface area (Å²) in [7, 11) is 0. The molecule has 0 saturated heterocycles. The normalized spacial score (nSPS) is 19.3. The van der Waals surface area contributed by atoms with Gasteiger partial charge in [0.1, 0.15) is 12.6 Å². The number of ether oxygens (including phenoxy) is 1. The second kappa shape index (κ2) is 11.1. The molecule has 2 amide bonds. The van der Waals surface area contributed by atoms with Gasteiger partial charge in [-0.3, -0.25) is 4.79 Å². The highest BCUT2D eigenvalue weighted by Crippen LogP contribution is 2.44. The molecule has 1 fully saturated rings. The predicted octanol–water partition coefficient (Wildman–Crippen LogP) is 4.07. The highest BCUT2D eigenvalue weighted by molar-refractivity contribution is 5.85. The molecule has 1 atom stereocenters. The lowest BCUT2D eigenvalue weighted by Gasteiger charge is -2.29. The van der Waals surface area contributed by atoms with Crippen molar-refractivity contribution in [2.24, 2.45) is 5.92 Å². The largest absolute Gasteiger partial charge is 0.480 e. The zero-order valence-corrected chi connectivity index (χ0v) is 19.8. The summed E-state index contributed by atoms with van der Waals surface area (Å²) >= 11 is 0. The topological polar surface area (TPSA) is 105 Å². The first kappa shape index (κ1) is 24.3. The highest BCUT2D eigenvalue weighted by atomic mass is 16.5. The third-order valence-corrected chi connectivity index (χ3v) is 6.86. The Morgan fingerprint density at radius 2 is 1.60 bits per heavy atom. The summed E-state index contributed by atoms with van der Waals surface area (Å²) in [6.07, 6.45) is 2.04. The molecule has 0 bridgehead atoms. The van der Waals surface area contributed by atoms with Gasteiger partial charge >= 0.3 is 12.1 Å². The second-order valence-electron chi connectivity index (χ2n) is 9.05. The van der Waals surface area contributed by atoms with Gasteiger partial charge in [0.15, 0.2) is 0 Å². The van der Waals surface area contributed by atoms with Crippen molar-refractivity contribution in [3.8, 4) is 23.0 Å². The lowest BCUT2D eigenvalue weighted by atomic mass is 9.85. The minimum absolute atomic E-state index is 0.00663. The lowest BCUT2D eigenvalue weighted by molar-refractivity contribution is -0.142. The standard InChI is InChI=1S/C28H30N2O5/c1-2-3-12-25(27(32)33)30-26(31)18-13-15-19(16-14-18)29-28(34)35-17-24-22-10-6-4-8-20(22)21-9-5-7-11-23(21)24/h4-11,18-19,24-25H,12-17H2,1H3,(H,29,34)(H,30,31)(H,32,33). The molecule has 7 nitrogen and oxygen atoms in total. The summed E-state index contributed by atoms with van der Waals surface area (Å²) in [6, 6.07) is 15.3. The van der Waals surface area contributed by atoms with Crippen LogP contribution in [0.4, 0.5) is 4.79 Å². The van der Waals surface area contributed by atoms with Crippen LogP contribution in [0, 0.1) is 17.8 Å². The quantitative estimate of drug-likeness (QED) is 0.525. The molecule has 3 N–H and O–H groups in total. The van der Waals surface area contributed by atoms with E-state index in [1.165, 1.54) is 11.1 Å². The number of benzene rings is 2. The van der Waals surface area contributed by atoms with Crippen LogP contribution in [0.15, 0.2) is 48.5 Å². The molecule has 35 heavy (non-hydrogen) atoms. The van der Waals surface area contributed by atoms with E-state index < -0.39 is 18.1 Å². The average molecular weight is 475 g/mol. The number of hydrogen-bond donors (Lipinski definition) is 3. The Morgan fingerprint density at radius 1 is 1.00 bits per heavy atom. The lowest BCUT2D eigenvalue weighted by Crippen LogP contribution is -2.46. The van der Waals surface area contributed by atoms with Gasteiger partial charge in [-0.05, 0) is 54.9 Å². The van der Waals surface area contributed by atoms with E-state index in [1.54, 1.807) is 6.92 Å². The summed E-state index contributed by atoms with van der Waals surface area (Å²) in [5.74, 6) is 3.73. The van der Waals surface area contributed by atoms with Crippen molar-refractivity contribution < 1.29 is 24.2 Å². The predicted molar refractivity (Wildman–Crippen MR) is 132 cm³/mol. The molecule has 2 aromatic rings. The number of carbonyl (C=O) groups is 3. The molecule has 2 aliphatic rings. The third-order valence-electron chi connectivity index (χ3n) is 6.86. The number of carboxylic acids is 1. The van der Waals surface area contributed by atoms with Crippen molar-refractivity contribution in [1.29, 1.82) is 0 Å². The first-order valence-electron chi connectivity index (χ1n) is 12.0. The molecular weight excluding hydrogens is 444 g/mol. The van der Waals surface area contributed by atoms with Crippen molar-refractivity contribution in [2.75, 3.05) is 6.61 Å². The number of hydrogen-bond acceptors (Lipinski definition) is 4. The van der Waals surface area contributed by atoms with Gasteiger partial charge in [-0.25, -0.2) is 9.59 Å². The summed E-state index contributed by atoms with van der Waals surface area (Å²) in [5.41, 5.74) is 4.69. The monoisotopic (exact) mass is 474 g/mol. The van der Waals surface area contributed by atoms with Crippen LogP contribution < -0.4 is 10.6 Å². The summed E-state index contributed by atoms with van der Waals surface area (Å²) in [5, 5.41) is 14.8. The molecule has 0 aliphatic heterocycles. The van der Waals surface area contributed by atoms with Gasteiger partial charge in [0, 0.05) is 24.3 Å². The van der Waals surface area contributed by atoms with Gasteiger partial charge in [0.25, 0.3) is 0 Å². The maximum atomic E-state index is 12.5. The van der Waals surface area contributed by atoms with Crippen molar-refractivity contribution in [3.63, 3.8) is 0 Å². The first-order valence-corrected chi connectivity index (χ1v) is 12.0. The van der Waals surface area contributed by atoms with Crippen LogP contribution in [-0.4, -0.2) is 41.8 Å². The van der Waals surface area contributed by atoms with Crippen LogP contribution >= 0.6 is 0 Å². The van der Waals surface area contributed by atoms with E-state index in [-0.39, 0.29) is 36.8 Å². The fraction of sp³-hybridized carbons (Fsp3) is 0.393. The van der Waals surface area contributed by atoms with Gasteiger partial charge in [-0.15, -0.1) is 11.8 Å². The molecule has 182 valence electrons. The van der Waals surface area contributed by atoms with Crippen molar-refractivity contribution in [3.05, 3.63) is 59.7 Å². The number of alkyl carbamates (subject to hydrolysis) is 1. The molecule has 4 rings (SSSR count). The zero-order valence-electron chi connectivity index (χ0n) is 19.8. The Labute approximate surface area is 205 Å². The van der Waals surface area contributed by atoms with E-state index >= 15 is 0 Å². The molecule has 0 spiro atoms. The highest BCUT2D eigenvalue weighted by Gasteiger charge is 2.31. The molecule has 0 aromatic heterocycles. The maximum Gasteiger partial charge on any atom is 0.407 e. The maximum absolute atomic E-state index is 12.5. The van der Waals surface area contributed by atoms with Crippen LogP contribution in [0.5, 0.6) is 0 Å². The smallest absolute Gasteiger partial charge is 0.407 e. The van der Waals surface area contributed by atoms with Gasteiger partial charge in [0.05, 0.1) is 0 Å². The minimum atomic E-state index is -1.09. The van der Waals surface area contributed by atoms with Gasteiger partial charge in [0.2, 0.25) is 5.91 Å². The van der Waals surface area contributed by atoms with E-state index in [2.05, 4.69) is 46.7 Å². The molecule has 2 aliphatic carbocycles. The number of fused-ring (bicyclic) bond motifs is 3. The van der Waals surface area contributed by atoms with Crippen molar-refractivity contribution in [2.45, 2.75) is 57.0 Å². The number of rotatable bonds is 7. The number of nitrogens with one attached hydrogen (secondary N) is 2. The van der Waals surface area contributed by atoms with Crippen LogP contribution in [-0.2, 0) is 14.3 Å². The van der Waals surface area contributed by atoms with Crippen LogP contribution in [0.3, 0.4) is 0 Å². The molecular formula is C28H30N2O5. The summed E-state index contributed by atoms with van der Waals surface area (Å²) in [4.78, 5) is 36.4. The Bertz CT molecular complexity index is 1110. The van der Waals surface area contributed by atoms with E-state index in [9.17, 15) is 19.5 Å². The molecule has 0 radical (unpaired) electrons. The number of aliphatic carboxylic acids is 1. The SMILES string of the molecule is CC#CCC(NC(=O)C1CCC(NC(=O)OCC2c3ccccc3-c3ccccc32)CC1)C(=O)O. The van der Waals surface area contributed by atoms with Gasteiger partial charge < -0.3 is 20.5 Å². The second-order valence-corrected chi connectivity index (χ2v) is 9.05. The fourth-order valence-electron chi connectivity index (χ4n) is 5.00. The van der Waals surface area contributed by atoms with E-state index in [0.29, 0.717) is 25.7 Å². The average Bonchev–Trinajstić information content (AvgIpc) is 3.19. The van der Waals surface area contributed by atoms with E-state index in [0.717, 1.165) is 11.1 Å². The minimum Gasteiger partial charge on any atom is -0.480 e. The summed E-state index contributed by atoms with van der Waals surface area (Å²) < 4.78 is 5.63. The van der Waals surface area contributed by atoms with Crippen molar-refractivity contribution >= 4 is 18.0 Å². The van der Waals surface area contributed by atoms with Crippen LogP contribution in [0.2, 0.25) is 0 Å². The number of carboxylic acid groups (broad SMARTS) is 1. The summed E-state index contributed by atoms with van der Waals surface area (Å²) in [6.45, 7) is 1.89. The molecule has 1 saturated carbocycles. The first-order chi connectivity index (χ1) is 17.0. The molecule has 0 heterocycles. The Morgan fingerprint density at radius 3 is 2.17 bits per heavy atom. The molecule has 7 heteroatoms. The van der Waals surface area contributed by atoms with Crippen molar-refractivity contribution in [1.82, 2.24) is 10.6 Å². The fourth-order valence-corrected chi connectivity index (χ4v) is 5.00. The van der Waals surface area contributed by atoms with Crippen LogP contribution in [0.25, 0.3) is 11.1 Å². The Balaban J connectivity index is 1.25. The molecule has 1 unspecified atom stereocenters. The van der Waals surface area contributed by atoms with E-state index in [4.69, 9.17) is 4.74 Å². The van der Waals surface area contributed by atoms with E-state index in [1.807, 2.05) is 24.3 Å². The Kier molecular flexibility index (Phi) is 7.71. The molecule has 2 aromatic carbocycles. The third kappa shape index (κ3) is 5.65.